The van der Waals surface area contributed by atoms with Crippen LogP contribution in [0.2, 0.25) is 10.0 Å². The van der Waals surface area contributed by atoms with E-state index in [2.05, 4.69) is 5.32 Å². The first-order valence-corrected chi connectivity index (χ1v) is 8.89. The first kappa shape index (κ1) is 19.1. The summed E-state index contributed by atoms with van der Waals surface area (Å²) < 4.78 is 11.1. The number of halogens is 2. The first-order chi connectivity index (χ1) is 11.7. The van der Waals surface area contributed by atoms with Crippen LogP contribution < -0.4 is 10.1 Å². The number of hydrogen-bond acceptors (Lipinski definition) is 3. The lowest BCUT2D eigenvalue weighted by atomic mass is 10.2. The maximum atomic E-state index is 6.33. The smallest absolute Gasteiger partial charge is 0.156 e. The van der Waals surface area contributed by atoms with Gasteiger partial charge in [0.2, 0.25) is 0 Å². The van der Waals surface area contributed by atoms with Crippen LogP contribution in [0, 0.1) is 0 Å². The lowest BCUT2D eigenvalue weighted by Gasteiger charge is -2.12. The molecule has 0 aliphatic carbocycles. The quantitative estimate of drug-likeness (QED) is 0.593. The normalized spacial score (nSPS) is 10.8. The molecule has 0 heterocycles. The molecule has 130 valence electrons. The Hall–Kier alpha value is -1.26. The lowest BCUT2D eigenvalue weighted by molar-refractivity contribution is 0.144. The predicted molar refractivity (Wildman–Crippen MR) is 100 cm³/mol. The SMILES string of the molecule is CCOCCCNCc1cc(Cl)c(OCc2ccccc2)c(Cl)c1. The summed E-state index contributed by atoms with van der Waals surface area (Å²) in [5.41, 5.74) is 2.11. The molecule has 2 aromatic carbocycles. The lowest BCUT2D eigenvalue weighted by Crippen LogP contribution is -2.16. The van der Waals surface area contributed by atoms with E-state index < -0.39 is 0 Å². The predicted octanol–water partition coefficient (Wildman–Crippen LogP) is 5.09. The van der Waals surface area contributed by atoms with Crippen LogP contribution in [0.4, 0.5) is 0 Å². The molecule has 0 unspecified atom stereocenters. The monoisotopic (exact) mass is 367 g/mol. The summed E-state index contributed by atoms with van der Waals surface area (Å²) in [6.45, 7) is 5.58. The summed E-state index contributed by atoms with van der Waals surface area (Å²) >= 11 is 12.7. The van der Waals surface area contributed by atoms with Crippen molar-refractivity contribution in [3.8, 4) is 5.75 Å². The van der Waals surface area contributed by atoms with Crippen LogP contribution >= 0.6 is 23.2 Å². The summed E-state index contributed by atoms with van der Waals surface area (Å²) in [4.78, 5) is 0. The Bertz CT molecular complexity index is 597. The van der Waals surface area contributed by atoms with Gasteiger partial charge in [0.15, 0.2) is 5.75 Å². The van der Waals surface area contributed by atoms with Gasteiger partial charge in [0, 0.05) is 19.8 Å². The molecule has 0 saturated carbocycles. The molecule has 0 spiro atoms. The first-order valence-electron chi connectivity index (χ1n) is 8.13. The second kappa shape index (κ2) is 10.6. The summed E-state index contributed by atoms with van der Waals surface area (Å²) in [6.07, 6.45) is 0.980. The van der Waals surface area contributed by atoms with Gasteiger partial charge in [-0.3, -0.25) is 0 Å². The van der Waals surface area contributed by atoms with Crippen molar-refractivity contribution >= 4 is 23.2 Å². The van der Waals surface area contributed by atoms with Crippen LogP contribution in [-0.2, 0) is 17.9 Å². The third-order valence-corrected chi connectivity index (χ3v) is 4.02. The van der Waals surface area contributed by atoms with Crippen molar-refractivity contribution in [1.82, 2.24) is 5.32 Å². The van der Waals surface area contributed by atoms with Crippen molar-refractivity contribution in [2.45, 2.75) is 26.5 Å². The van der Waals surface area contributed by atoms with Crippen molar-refractivity contribution in [3.63, 3.8) is 0 Å². The van der Waals surface area contributed by atoms with E-state index in [1.54, 1.807) is 0 Å². The molecule has 0 radical (unpaired) electrons. The zero-order chi connectivity index (χ0) is 17.2. The Balaban J connectivity index is 1.86. The van der Waals surface area contributed by atoms with Crippen molar-refractivity contribution in [2.24, 2.45) is 0 Å². The van der Waals surface area contributed by atoms with Gasteiger partial charge in [-0.05, 0) is 43.1 Å². The fourth-order valence-electron chi connectivity index (χ4n) is 2.26. The Morgan fingerprint density at radius 3 is 2.38 bits per heavy atom. The topological polar surface area (TPSA) is 30.5 Å². The standard InChI is InChI=1S/C19H23Cl2NO2/c1-2-23-10-6-9-22-13-16-11-17(20)19(18(21)12-16)24-14-15-7-4-3-5-8-15/h3-5,7-8,11-12,22H,2,6,9-10,13-14H2,1H3. The van der Waals surface area contributed by atoms with E-state index >= 15 is 0 Å². The Morgan fingerprint density at radius 1 is 1.00 bits per heavy atom. The van der Waals surface area contributed by atoms with Crippen LogP contribution in [0.5, 0.6) is 5.75 Å². The van der Waals surface area contributed by atoms with Crippen molar-refractivity contribution in [3.05, 3.63) is 63.6 Å². The number of hydrogen-bond donors (Lipinski definition) is 1. The second-order valence-corrected chi connectivity index (χ2v) is 6.20. The van der Waals surface area contributed by atoms with Crippen molar-refractivity contribution < 1.29 is 9.47 Å². The van der Waals surface area contributed by atoms with Crippen LogP contribution in [0.3, 0.4) is 0 Å². The van der Waals surface area contributed by atoms with Gasteiger partial charge in [-0.15, -0.1) is 0 Å². The highest BCUT2D eigenvalue weighted by Crippen LogP contribution is 2.34. The Kier molecular flexibility index (Phi) is 8.40. The van der Waals surface area contributed by atoms with Crippen molar-refractivity contribution in [1.29, 1.82) is 0 Å². The summed E-state index contributed by atoms with van der Waals surface area (Å²) in [5, 5.41) is 4.42. The maximum Gasteiger partial charge on any atom is 0.156 e. The number of rotatable bonds is 10. The van der Waals surface area contributed by atoms with Crippen LogP contribution in [-0.4, -0.2) is 19.8 Å². The van der Waals surface area contributed by atoms with Gasteiger partial charge < -0.3 is 14.8 Å². The van der Waals surface area contributed by atoms with Gasteiger partial charge in [0.1, 0.15) is 6.61 Å². The zero-order valence-corrected chi connectivity index (χ0v) is 15.4. The van der Waals surface area contributed by atoms with Gasteiger partial charge in [0.05, 0.1) is 10.0 Å². The fourth-order valence-corrected chi connectivity index (χ4v) is 2.90. The van der Waals surface area contributed by atoms with Gasteiger partial charge in [-0.1, -0.05) is 53.5 Å². The minimum absolute atomic E-state index is 0.440. The molecule has 0 bridgehead atoms. The Morgan fingerprint density at radius 2 is 1.71 bits per heavy atom. The molecule has 5 heteroatoms. The van der Waals surface area contributed by atoms with Crippen molar-refractivity contribution in [2.75, 3.05) is 19.8 Å². The van der Waals surface area contributed by atoms with Gasteiger partial charge in [-0.2, -0.15) is 0 Å². The minimum Gasteiger partial charge on any atom is -0.486 e. The highest BCUT2D eigenvalue weighted by atomic mass is 35.5. The van der Waals surface area contributed by atoms with Gasteiger partial charge >= 0.3 is 0 Å². The fraction of sp³-hybridized carbons (Fsp3) is 0.368. The van der Waals surface area contributed by atoms with E-state index in [0.29, 0.717) is 28.9 Å². The summed E-state index contributed by atoms with van der Waals surface area (Å²) in [6, 6.07) is 13.7. The molecular weight excluding hydrogens is 345 g/mol. The number of ether oxygens (including phenoxy) is 2. The molecule has 0 amide bonds. The second-order valence-electron chi connectivity index (χ2n) is 5.39. The molecule has 2 rings (SSSR count). The van der Waals surface area contributed by atoms with Gasteiger partial charge in [-0.25, -0.2) is 0 Å². The van der Waals surface area contributed by atoms with E-state index in [0.717, 1.165) is 37.3 Å². The molecule has 3 nitrogen and oxygen atoms in total. The average Bonchev–Trinajstić information content (AvgIpc) is 2.58. The highest BCUT2D eigenvalue weighted by molar-refractivity contribution is 6.37. The maximum absolute atomic E-state index is 6.33. The molecule has 24 heavy (non-hydrogen) atoms. The van der Waals surface area contributed by atoms with Crippen LogP contribution in [0.1, 0.15) is 24.5 Å². The summed E-state index contributed by atoms with van der Waals surface area (Å²) in [5.74, 6) is 0.530. The van der Waals surface area contributed by atoms with E-state index in [4.69, 9.17) is 32.7 Å². The van der Waals surface area contributed by atoms with Crippen LogP contribution in [0.15, 0.2) is 42.5 Å². The number of nitrogens with one attached hydrogen (secondary N) is 1. The largest absolute Gasteiger partial charge is 0.486 e. The molecular formula is C19H23Cl2NO2. The molecule has 0 aromatic heterocycles. The van der Waals surface area contributed by atoms with E-state index in [9.17, 15) is 0 Å². The van der Waals surface area contributed by atoms with Gasteiger partial charge in [0.25, 0.3) is 0 Å². The zero-order valence-electron chi connectivity index (χ0n) is 13.9. The van der Waals surface area contributed by atoms with E-state index in [1.807, 2.05) is 49.4 Å². The highest BCUT2D eigenvalue weighted by Gasteiger charge is 2.10. The molecule has 0 aliphatic heterocycles. The molecule has 0 atom stereocenters. The van der Waals surface area contributed by atoms with E-state index in [-0.39, 0.29) is 0 Å². The molecule has 0 fully saturated rings. The van der Waals surface area contributed by atoms with E-state index in [1.165, 1.54) is 0 Å². The summed E-state index contributed by atoms with van der Waals surface area (Å²) in [7, 11) is 0. The Labute approximate surface area is 153 Å². The number of benzene rings is 2. The molecule has 0 aliphatic rings. The molecule has 1 N–H and O–H groups in total. The van der Waals surface area contributed by atoms with Crippen LogP contribution in [0.25, 0.3) is 0 Å². The average molecular weight is 368 g/mol. The third-order valence-electron chi connectivity index (χ3n) is 3.46. The molecule has 2 aromatic rings. The minimum atomic E-state index is 0.440. The molecule has 0 saturated heterocycles. The third kappa shape index (κ3) is 6.33.